The summed E-state index contributed by atoms with van der Waals surface area (Å²) in [5, 5.41) is 3.28. The SMILES string of the molecule is Cc1nc(SCc2ccccc2F)[nH]c(=O)c1CC(=O)NC1CC1. The van der Waals surface area contributed by atoms with Crippen LogP contribution in [0.1, 0.15) is 29.7 Å². The van der Waals surface area contributed by atoms with Crippen molar-refractivity contribution in [3.05, 3.63) is 57.3 Å². The van der Waals surface area contributed by atoms with Crippen LogP contribution in [0.15, 0.2) is 34.2 Å². The van der Waals surface area contributed by atoms with Gasteiger partial charge in [-0.2, -0.15) is 0 Å². The topological polar surface area (TPSA) is 74.8 Å². The van der Waals surface area contributed by atoms with Crippen LogP contribution in [0, 0.1) is 12.7 Å². The summed E-state index contributed by atoms with van der Waals surface area (Å²) in [6.07, 6.45) is 2.04. The number of thioether (sulfide) groups is 1. The average Bonchev–Trinajstić information content (AvgIpc) is 3.34. The van der Waals surface area contributed by atoms with Gasteiger partial charge in [-0.25, -0.2) is 9.37 Å². The molecule has 1 aliphatic carbocycles. The second-order valence-corrected chi connectivity index (χ2v) is 6.80. The minimum atomic E-state index is -0.315. The molecule has 24 heavy (non-hydrogen) atoms. The summed E-state index contributed by atoms with van der Waals surface area (Å²) in [5.74, 6) is -0.0617. The second-order valence-electron chi connectivity index (χ2n) is 5.83. The summed E-state index contributed by atoms with van der Waals surface area (Å²) < 4.78 is 13.6. The van der Waals surface area contributed by atoms with Crippen LogP contribution in [0.4, 0.5) is 4.39 Å². The van der Waals surface area contributed by atoms with Gasteiger partial charge in [0, 0.05) is 23.1 Å². The Balaban J connectivity index is 1.68. The maximum absolute atomic E-state index is 13.6. The first-order chi connectivity index (χ1) is 11.5. The number of nitrogens with zero attached hydrogens (tertiary/aromatic N) is 1. The van der Waals surface area contributed by atoms with E-state index in [1.165, 1.54) is 17.8 Å². The number of halogens is 1. The monoisotopic (exact) mass is 347 g/mol. The second kappa shape index (κ2) is 7.17. The maximum Gasteiger partial charge on any atom is 0.255 e. The van der Waals surface area contributed by atoms with Gasteiger partial charge in [-0.15, -0.1) is 0 Å². The molecular weight excluding hydrogens is 329 g/mol. The van der Waals surface area contributed by atoms with Crippen molar-refractivity contribution in [3.8, 4) is 0 Å². The molecule has 0 spiro atoms. The Morgan fingerprint density at radius 3 is 2.83 bits per heavy atom. The molecule has 1 aromatic carbocycles. The van der Waals surface area contributed by atoms with Crippen LogP contribution < -0.4 is 10.9 Å². The number of aromatic amines is 1. The third kappa shape index (κ3) is 4.23. The van der Waals surface area contributed by atoms with Gasteiger partial charge in [0.15, 0.2) is 5.16 Å². The molecule has 0 bridgehead atoms. The predicted octanol–water partition coefficient (Wildman–Crippen LogP) is 2.33. The van der Waals surface area contributed by atoms with Gasteiger partial charge in [0.1, 0.15) is 5.82 Å². The molecule has 126 valence electrons. The highest BCUT2D eigenvalue weighted by Gasteiger charge is 2.24. The molecule has 1 saturated carbocycles. The maximum atomic E-state index is 13.6. The molecule has 2 aromatic rings. The summed E-state index contributed by atoms with van der Waals surface area (Å²) in [6, 6.07) is 6.76. The molecule has 2 N–H and O–H groups in total. The number of nitrogens with one attached hydrogen (secondary N) is 2. The largest absolute Gasteiger partial charge is 0.353 e. The predicted molar refractivity (Wildman–Crippen MR) is 90.4 cm³/mol. The first-order valence-electron chi connectivity index (χ1n) is 7.78. The fourth-order valence-corrected chi connectivity index (χ4v) is 3.18. The van der Waals surface area contributed by atoms with E-state index in [2.05, 4.69) is 15.3 Å². The van der Waals surface area contributed by atoms with E-state index in [4.69, 9.17) is 0 Å². The lowest BCUT2D eigenvalue weighted by molar-refractivity contribution is -0.120. The van der Waals surface area contributed by atoms with Gasteiger partial charge in [-0.05, 0) is 31.4 Å². The molecule has 3 rings (SSSR count). The lowest BCUT2D eigenvalue weighted by atomic mass is 10.1. The van der Waals surface area contributed by atoms with Crippen molar-refractivity contribution in [1.82, 2.24) is 15.3 Å². The normalized spacial score (nSPS) is 13.8. The van der Waals surface area contributed by atoms with Crippen molar-refractivity contribution in [2.45, 2.75) is 43.1 Å². The first-order valence-corrected chi connectivity index (χ1v) is 8.77. The number of rotatable bonds is 6. The Morgan fingerprint density at radius 2 is 2.17 bits per heavy atom. The molecule has 0 radical (unpaired) electrons. The van der Waals surface area contributed by atoms with Crippen molar-refractivity contribution in [1.29, 1.82) is 0 Å². The van der Waals surface area contributed by atoms with E-state index in [-0.39, 0.29) is 29.7 Å². The van der Waals surface area contributed by atoms with Crippen molar-refractivity contribution >= 4 is 17.7 Å². The fraction of sp³-hybridized carbons (Fsp3) is 0.353. The molecule has 0 saturated heterocycles. The zero-order valence-electron chi connectivity index (χ0n) is 13.3. The Labute approximate surface area is 143 Å². The van der Waals surface area contributed by atoms with Crippen molar-refractivity contribution in [2.24, 2.45) is 0 Å². The Kier molecular flexibility index (Phi) is 4.99. The highest BCUT2D eigenvalue weighted by atomic mass is 32.2. The molecule has 1 heterocycles. The van der Waals surface area contributed by atoms with Crippen LogP contribution in [0.3, 0.4) is 0 Å². The summed E-state index contributed by atoms with van der Waals surface area (Å²) >= 11 is 1.26. The molecule has 0 aliphatic heterocycles. The Hall–Kier alpha value is -2.15. The molecule has 5 nitrogen and oxygen atoms in total. The summed E-state index contributed by atoms with van der Waals surface area (Å²) in [4.78, 5) is 31.1. The number of amides is 1. The third-order valence-electron chi connectivity index (χ3n) is 3.80. The van der Waals surface area contributed by atoms with Crippen LogP contribution in [0.5, 0.6) is 0 Å². The van der Waals surface area contributed by atoms with E-state index >= 15 is 0 Å². The van der Waals surface area contributed by atoms with Gasteiger partial charge in [0.2, 0.25) is 5.91 Å². The zero-order valence-corrected chi connectivity index (χ0v) is 14.1. The number of carbonyl (C=O) groups is 1. The van der Waals surface area contributed by atoms with Crippen molar-refractivity contribution in [3.63, 3.8) is 0 Å². The number of benzene rings is 1. The molecule has 1 aromatic heterocycles. The minimum Gasteiger partial charge on any atom is -0.353 e. The van der Waals surface area contributed by atoms with E-state index in [1.807, 2.05) is 0 Å². The molecule has 1 fully saturated rings. The Bertz CT molecular complexity index is 818. The van der Waals surface area contributed by atoms with E-state index in [0.29, 0.717) is 27.7 Å². The Morgan fingerprint density at radius 1 is 1.42 bits per heavy atom. The van der Waals surface area contributed by atoms with Gasteiger partial charge in [-0.1, -0.05) is 30.0 Å². The van der Waals surface area contributed by atoms with Crippen LogP contribution in [-0.4, -0.2) is 21.9 Å². The van der Waals surface area contributed by atoms with Crippen LogP contribution in [0.25, 0.3) is 0 Å². The summed E-state index contributed by atoms with van der Waals surface area (Å²) in [6.45, 7) is 1.71. The fourth-order valence-electron chi connectivity index (χ4n) is 2.29. The summed E-state index contributed by atoms with van der Waals surface area (Å²) in [7, 11) is 0. The van der Waals surface area contributed by atoms with Crippen LogP contribution in [-0.2, 0) is 17.0 Å². The highest BCUT2D eigenvalue weighted by Crippen LogP contribution is 2.21. The molecule has 1 amide bonds. The van der Waals surface area contributed by atoms with Crippen LogP contribution in [0.2, 0.25) is 0 Å². The van der Waals surface area contributed by atoms with Crippen LogP contribution >= 0.6 is 11.8 Å². The van der Waals surface area contributed by atoms with Gasteiger partial charge >= 0.3 is 0 Å². The lowest BCUT2D eigenvalue weighted by Crippen LogP contribution is -2.30. The first kappa shape index (κ1) is 16.7. The highest BCUT2D eigenvalue weighted by molar-refractivity contribution is 7.98. The van der Waals surface area contributed by atoms with Gasteiger partial charge in [-0.3, -0.25) is 9.59 Å². The number of carbonyl (C=O) groups excluding carboxylic acids is 1. The zero-order chi connectivity index (χ0) is 17.1. The molecular formula is C17H18FN3O2S. The molecule has 0 atom stereocenters. The van der Waals surface area contributed by atoms with Gasteiger partial charge in [0.25, 0.3) is 5.56 Å². The van der Waals surface area contributed by atoms with Crippen molar-refractivity contribution in [2.75, 3.05) is 0 Å². The molecule has 0 unspecified atom stereocenters. The van der Waals surface area contributed by atoms with E-state index < -0.39 is 0 Å². The van der Waals surface area contributed by atoms with Gasteiger partial charge < -0.3 is 10.3 Å². The average molecular weight is 347 g/mol. The number of aromatic nitrogens is 2. The quantitative estimate of drug-likeness (QED) is 0.621. The van der Waals surface area contributed by atoms with E-state index in [1.54, 1.807) is 25.1 Å². The summed E-state index contributed by atoms with van der Waals surface area (Å²) in [5.41, 5.74) is 1.14. The van der Waals surface area contributed by atoms with Gasteiger partial charge in [0.05, 0.1) is 6.42 Å². The molecule has 1 aliphatic rings. The van der Waals surface area contributed by atoms with E-state index in [0.717, 1.165) is 12.8 Å². The number of hydrogen-bond acceptors (Lipinski definition) is 4. The molecule has 7 heteroatoms. The smallest absolute Gasteiger partial charge is 0.255 e. The standard InChI is InChI=1S/C17H18FN3O2S/c1-10-13(8-15(22)20-12-6-7-12)16(23)21-17(19-10)24-9-11-4-2-3-5-14(11)18/h2-5,12H,6-9H2,1H3,(H,20,22)(H,19,21,23). The lowest BCUT2D eigenvalue weighted by Gasteiger charge is -2.08. The minimum absolute atomic E-state index is 0.0307. The van der Waals surface area contributed by atoms with E-state index in [9.17, 15) is 14.0 Å². The van der Waals surface area contributed by atoms with Crippen molar-refractivity contribution < 1.29 is 9.18 Å². The number of H-pyrrole nitrogens is 1. The number of hydrogen-bond donors (Lipinski definition) is 2. The third-order valence-corrected chi connectivity index (χ3v) is 4.72. The number of aryl methyl sites for hydroxylation is 1.